The van der Waals surface area contributed by atoms with Gasteiger partial charge in [-0.15, -0.1) is 0 Å². The van der Waals surface area contributed by atoms with Crippen molar-refractivity contribution in [1.82, 2.24) is 4.98 Å². The normalized spacial score (nSPS) is 10.6. The second kappa shape index (κ2) is 3.79. The summed E-state index contributed by atoms with van der Waals surface area (Å²) in [5, 5.41) is 9.44. The minimum Gasteiger partial charge on any atom is -0.258 e. The van der Waals surface area contributed by atoms with Crippen molar-refractivity contribution in [2.75, 3.05) is 0 Å². The Balaban J connectivity index is 3.45. The van der Waals surface area contributed by atoms with Gasteiger partial charge in [-0.2, -0.15) is 4.39 Å². The molecule has 0 amide bonds. The van der Waals surface area contributed by atoms with Gasteiger partial charge < -0.3 is 0 Å². The molecule has 0 radical (unpaired) electrons. The van der Waals surface area contributed by atoms with Crippen LogP contribution in [0.25, 0.3) is 0 Å². The standard InChI is InChI=1S/C6H2ClF3N2O2/c7-5-3(8)4(12(13)14)2(1-11-5)6(9)10/h1,6H. The fourth-order valence-electron chi connectivity index (χ4n) is 0.814. The zero-order valence-corrected chi connectivity index (χ0v) is 7.13. The fourth-order valence-corrected chi connectivity index (χ4v) is 0.952. The van der Waals surface area contributed by atoms with Crippen molar-refractivity contribution in [2.24, 2.45) is 0 Å². The maximum Gasteiger partial charge on any atom is 0.318 e. The van der Waals surface area contributed by atoms with Crippen molar-refractivity contribution in [3.8, 4) is 0 Å². The van der Waals surface area contributed by atoms with Crippen LogP contribution in [0.4, 0.5) is 18.9 Å². The molecule has 0 aromatic carbocycles. The Hall–Kier alpha value is -1.37. The molecular formula is C6H2ClF3N2O2. The van der Waals surface area contributed by atoms with E-state index in [4.69, 9.17) is 11.6 Å². The molecule has 1 heterocycles. The first-order valence-electron chi connectivity index (χ1n) is 3.21. The van der Waals surface area contributed by atoms with Gasteiger partial charge in [0.05, 0.1) is 4.92 Å². The molecule has 0 fully saturated rings. The number of rotatable bonds is 2. The van der Waals surface area contributed by atoms with Crippen LogP contribution >= 0.6 is 11.6 Å². The van der Waals surface area contributed by atoms with Crippen LogP contribution in [0.2, 0.25) is 5.15 Å². The van der Waals surface area contributed by atoms with E-state index in [1.54, 1.807) is 0 Å². The maximum absolute atomic E-state index is 12.9. The van der Waals surface area contributed by atoms with Gasteiger partial charge in [-0.3, -0.25) is 10.1 Å². The van der Waals surface area contributed by atoms with Crippen LogP contribution in [0.1, 0.15) is 12.0 Å². The zero-order valence-electron chi connectivity index (χ0n) is 6.38. The van der Waals surface area contributed by atoms with Crippen molar-refractivity contribution in [3.05, 3.63) is 32.8 Å². The molecule has 8 heteroatoms. The highest BCUT2D eigenvalue weighted by Gasteiger charge is 2.28. The van der Waals surface area contributed by atoms with Crippen LogP contribution in [0.3, 0.4) is 0 Å². The molecule has 0 spiro atoms. The van der Waals surface area contributed by atoms with E-state index in [1.807, 2.05) is 0 Å². The second-order valence-corrected chi connectivity index (χ2v) is 2.58. The largest absolute Gasteiger partial charge is 0.318 e. The van der Waals surface area contributed by atoms with Crippen molar-refractivity contribution < 1.29 is 18.1 Å². The third-order valence-electron chi connectivity index (χ3n) is 1.40. The van der Waals surface area contributed by atoms with Crippen LogP contribution in [0.15, 0.2) is 6.20 Å². The van der Waals surface area contributed by atoms with Crippen molar-refractivity contribution in [1.29, 1.82) is 0 Å². The van der Waals surface area contributed by atoms with Gasteiger partial charge in [0.15, 0.2) is 5.15 Å². The first-order chi connectivity index (χ1) is 6.45. The smallest absolute Gasteiger partial charge is 0.258 e. The van der Waals surface area contributed by atoms with Gasteiger partial charge in [0.25, 0.3) is 6.43 Å². The van der Waals surface area contributed by atoms with Crippen molar-refractivity contribution in [2.45, 2.75) is 6.43 Å². The first-order valence-corrected chi connectivity index (χ1v) is 3.59. The second-order valence-electron chi connectivity index (χ2n) is 2.22. The summed E-state index contributed by atoms with van der Waals surface area (Å²) >= 11 is 5.10. The first kappa shape index (κ1) is 10.7. The van der Waals surface area contributed by atoms with Crippen LogP contribution < -0.4 is 0 Å². The zero-order chi connectivity index (χ0) is 10.9. The molecule has 0 unspecified atom stereocenters. The average Bonchev–Trinajstić information content (AvgIpc) is 2.08. The lowest BCUT2D eigenvalue weighted by atomic mass is 10.2. The van der Waals surface area contributed by atoms with Crippen LogP contribution in [-0.4, -0.2) is 9.91 Å². The molecular weight excluding hydrogens is 225 g/mol. The van der Waals surface area contributed by atoms with Crippen molar-refractivity contribution >= 4 is 17.3 Å². The van der Waals surface area contributed by atoms with Gasteiger partial charge in [0, 0.05) is 6.20 Å². The number of nitro groups is 1. The number of alkyl halides is 2. The Morgan fingerprint density at radius 2 is 2.14 bits per heavy atom. The summed E-state index contributed by atoms with van der Waals surface area (Å²) in [6.07, 6.45) is -2.69. The summed E-state index contributed by atoms with van der Waals surface area (Å²) in [5.74, 6) is -1.55. The minimum absolute atomic E-state index is 0.480. The molecule has 4 nitrogen and oxygen atoms in total. The molecule has 0 N–H and O–H groups in total. The van der Waals surface area contributed by atoms with Crippen LogP contribution in [0, 0.1) is 15.9 Å². The van der Waals surface area contributed by atoms with E-state index < -0.39 is 33.6 Å². The number of pyridine rings is 1. The minimum atomic E-state index is -3.17. The number of nitrogens with zero attached hydrogens (tertiary/aromatic N) is 2. The molecule has 0 atom stereocenters. The van der Waals surface area contributed by atoms with E-state index in [0.717, 1.165) is 0 Å². The lowest BCUT2D eigenvalue weighted by molar-refractivity contribution is -0.389. The predicted octanol–water partition coefficient (Wildman–Crippen LogP) is 2.72. The van der Waals surface area contributed by atoms with Crippen LogP contribution in [-0.2, 0) is 0 Å². The lowest BCUT2D eigenvalue weighted by Gasteiger charge is -2.02. The van der Waals surface area contributed by atoms with E-state index in [1.165, 1.54) is 0 Å². The van der Waals surface area contributed by atoms with Gasteiger partial charge in [-0.1, -0.05) is 11.6 Å². The monoisotopic (exact) mass is 226 g/mol. The number of hydrogen-bond acceptors (Lipinski definition) is 3. The summed E-state index contributed by atoms with van der Waals surface area (Å²) < 4.78 is 37.2. The topological polar surface area (TPSA) is 56.0 Å². The number of aromatic nitrogens is 1. The molecule has 1 rings (SSSR count). The summed E-state index contributed by atoms with van der Waals surface area (Å²) in [5.41, 5.74) is -2.42. The molecule has 0 aliphatic heterocycles. The molecule has 1 aromatic heterocycles. The summed E-state index contributed by atoms with van der Waals surface area (Å²) in [6.45, 7) is 0. The molecule has 0 aliphatic rings. The van der Waals surface area contributed by atoms with Gasteiger partial charge in [0.1, 0.15) is 5.56 Å². The molecule has 0 aliphatic carbocycles. The highest BCUT2D eigenvalue weighted by atomic mass is 35.5. The summed E-state index contributed by atoms with van der Waals surface area (Å²) in [4.78, 5) is 12.0. The predicted molar refractivity (Wildman–Crippen MR) is 40.8 cm³/mol. The SMILES string of the molecule is O=[N+]([O-])c1c(C(F)F)cnc(Cl)c1F. The Labute approximate surface area is 80.5 Å². The van der Waals surface area contributed by atoms with Gasteiger partial charge in [-0.05, 0) is 0 Å². The Kier molecular flexibility index (Phi) is 2.90. The van der Waals surface area contributed by atoms with Gasteiger partial charge in [0.2, 0.25) is 5.82 Å². The highest BCUT2D eigenvalue weighted by molar-refractivity contribution is 6.29. The summed E-state index contributed by atoms with van der Waals surface area (Å²) in [6, 6.07) is 0. The number of hydrogen-bond donors (Lipinski definition) is 0. The molecule has 14 heavy (non-hydrogen) atoms. The molecule has 76 valence electrons. The maximum atomic E-state index is 12.9. The highest BCUT2D eigenvalue weighted by Crippen LogP contribution is 2.32. The third-order valence-corrected chi connectivity index (χ3v) is 1.66. The van der Waals surface area contributed by atoms with E-state index in [9.17, 15) is 23.3 Å². The fraction of sp³-hybridized carbons (Fsp3) is 0.167. The van der Waals surface area contributed by atoms with Crippen LogP contribution in [0.5, 0.6) is 0 Å². The van der Waals surface area contributed by atoms with Gasteiger partial charge >= 0.3 is 5.69 Å². The van der Waals surface area contributed by atoms with Gasteiger partial charge in [-0.25, -0.2) is 13.8 Å². The van der Waals surface area contributed by atoms with E-state index in [2.05, 4.69) is 4.98 Å². The van der Waals surface area contributed by atoms with E-state index in [0.29, 0.717) is 6.20 Å². The van der Waals surface area contributed by atoms with Crippen molar-refractivity contribution in [3.63, 3.8) is 0 Å². The Morgan fingerprint density at radius 1 is 1.57 bits per heavy atom. The molecule has 0 saturated carbocycles. The Bertz CT molecular complexity index is 386. The third kappa shape index (κ3) is 1.77. The molecule has 0 bridgehead atoms. The van der Waals surface area contributed by atoms with E-state index in [-0.39, 0.29) is 0 Å². The number of halogens is 4. The lowest BCUT2D eigenvalue weighted by Crippen LogP contribution is -2.01. The average molecular weight is 227 g/mol. The quantitative estimate of drug-likeness (QED) is 0.443. The Morgan fingerprint density at radius 3 is 2.57 bits per heavy atom. The molecule has 0 saturated heterocycles. The molecule has 1 aromatic rings. The van der Waals surface area contributed by atoms with E-state index >= 15 is 0 Å². The summed E-state index contributed by atoms with van der Waals surface area (Å²) in [7, 11) is 0.